The molecular formula is C23H15BrClIN2O2. The van der Waals surface area contributed by atoms with Gasteiger partial charge in [-0.15, -0.1) is 0 Å². The first-order valence-corrected chi connectivity index (χ1v) is 11.1. The second kappa shape index (κ2) is 10.6. The molecule has 3 rings (SSSR count). The van der Waals surface area contributed by atoms with Crippen molar-refractivity contribution in [3.8, 4) is 11.8 Å². The monoisotopic (exact) mass is 592 g/mol. The largest absolute Gasteiger partial charge is 0.488 e. The number of halogens is 3. The number of rotatable bonds is 6. The molecule has 4 nitrogen and oxygen atoms in total. The van der Waals surface area contributed by atoms with Crippen molar-refractivity contribution in [1.82, 2.24) is 0 Å². The Morgan fingerprint density at radius 2 is 1.97 bits per heavy atom. The summed E-state index contributed by atoms with van der Waals surface area (Å²) in [6.45, 7) is 0.351. The minimum absolute atomic E-state index is 0.00973. The molecule has 0 saturated heterocycles. The minimum Gasteiger partial charge on any atom is -0.488 e. The Hall–Kier alpha value is -2.34. The highest BCUT2D eigenvalue weighted by molar-refractivity contribution is 14.1. The van der Waals surface area contributed by atoms with Crippen molar-refractivity contribution >= 4 is 67.8 Å². The van der Waals surface area contributed by atoms with E-state index in [0.717, 1.165) is 19.2 Å². The van der Waals surface area contributed by atoms with Gasteiger partial charge >= 0.3 is 0 Å². The molecular weight excluding hydrogens is 579 g/mol. The maximum absolute atomic E-state index is 12.4. The predicted molar refractivity (Wildman–Crippen MR) is 131 cm³/mol. The number of anilines is 1. The van der Waals surface area contributed by atoms with E-state index >= 15 is 0 Å². The van der Waals surface area contributed by atoms with Crippen LogP contribution in [0.1, 0.15) is 11.1 Å². The summed E-state index contributed by atoms with van der Waals surface area (Å²) < 4.78 is 7.56. The van der Waals surface area contributed by atoms with Crippen LogP contribution in [0.25, 0.3) is 6.08 Å². The van der Waals surface area contributed by atoms with E-state index in [-0.39, 0.29) is 5.57 Å². The SMILES string of the molecule is N#C/C(=C/c1ccc(OCc2ccccc2Cl)c(I)c1)C(=O)Nc1cccc(Br)c1. The molecule has 0 fully saturated rings. The molecule has 0 bridgehead atoms. The maximum atomic E-state index is 12.4. The Bertz CT molecular complexity index is 1160. The average molecular weight is 594 g/mol. The summed E-state index contributed by atoms with van der Waals surface area (Å²) in [6.07, 6.45) is 1.55. The van der Waals surface area contributed by atoms with Crippen LogP contribution in [0.5, 0.6) is 5.75 Å². The van der Waals surface area contributed by atoms with Gasteiger partial charge in [-0.05, 0) is 70.6 Å². The molecule has 0 aliphatic carbocycles. The summed E-state index contributed by atoms with van der Waals surface area (Å²) in [5.41, 5.74) is 2.24. The van der Waals surface area contributed by atoms with Gasteiger partial charge in [0.15, 0.2) is 0 Å². The highest BCUT2D eigenvalue weighted by Crippen LogP contribution is 2.26. The normalized spacial score (nSPS) is 10.9. The topological polar surface area (TPSA) is 62.1 Å². The van der Waals surface area contributed by atoms with Crippen molar-refractivity contribution in [3.05, 3.63) is 96.5 Å². The van der Waals surface area contributed by atoms with Crippen LogP contribution in [-0.2, 0) is 11.4 Å². The molecule has 1 N–H and O–H groups in total. The molecule has 0 aromatic heterocycles. The van der Waals surface area contributed by atoms with Crippen molar-refractivity contribution in [2.45, 2.75) is 6.61 Å². The van der Waals surface area contributed by atoms with E-state index in [1.807, 2.05) is 48.5 Å². The van der Waals surface area contributed by atoms with Crippen LogP contribution in [0.4, 0.5) is 5.69 Å². The zero-order valence-electron chi connectivity index (χ0n) is 15.5. The summed E-state index contributed by atoms with van der Waals surface area (Å²) >= 11 is 11.7. The van der Waals surface area contributed by atoms with Crippen molar-refractivity contribution < 1.29 is 9.53 Å². The van der Waals surface area contributed by atoms with E-state index < -0.39 is 5.91 Å². The summed E-state index contributed by atoms with van der Waals surface area (Å²) in [4.78, 5) is 12.4. The summed E-state index contributed by atoms with van der Waals surface area (Å²) in [6, 6.07) is 22.1. The van der Waals surface area contributed by atoms with Gasteiger partial charge in [0.05, 0.1) is 3.57 Å². The molecule has 7 heteroatoms. The molecule has 0 spiro atoms. The molecule has 3 aromatic carbocycles. The standard InChI is InChI=1S/C23H15BrClIN2O2/c24-18-5-3-6-19(12-18)28-23(29)17(13-27)10-15-8-9-22(21(26)11-15)30-14-16-4-1-2-7-20(16)25/h1-12H,14H2,(H,28,29)/b17-10-. The van der Waals surface area contributed by atoms with Crippen molar-refractivity contribution in [3.63, 3.8) is 0 Å². The van der Waals surface area contributed by atoms with Crippen molar-refractivity contribution in [2.24, 2.45) is 0 Å². The molecule has 0 saturated carbocycles. The third-order valence-electron chi connectivity index (χ3n) is 4.06. The van der Waals surface area contributed by atoms with Gasteiger partial charge in [-0.3, -0.25) is 4.79 Å². The first kappa shape index (κ1) is 22.3. The van der Waals surface area contributed by atoms with E-state index in [1.54, 1.807) is 30.3 Å². The fraction of sp³-hybridized carbons (Fsp3) is 0.0435. The number of nitrogens with one attached hydrogen (secondary N) is 1. The van der Waals surface area contributed by atoms with Gasteiger partial charge in [0.2, 0.25) is 0 Å². The summed E-state index contributed by atoms with van der Waals surface area (Å²) in [5, 5.41) is 12.8. The summed E-state index contributed by atoms with van der Waals surface area (Å²) in [5.74, 6) is 0.231. The van der Waals surface area contributed by atoms with Crippen LogP contribution in [0.3, 0.4) is 0 Å². The van der Waals surface area contributed by atoms with Crippen LogP contribution in [0.2, 0.25) is 5.02 Å². The minimum atomic E-state index is -0.468. The average Bonchev–Trinajstić information content (AvgIpc) is 2.72. The highest BCUT2D eigenvalue weighted by atomic mass is 127. The second-order valence-electron chi connectivity index (χ2n) is 6.20. The van der Waals surface area contributed by atoms with E-state index in [2.05, 4.69) is 43.8 Å². The Morgan fingerprint density at radius 1 is 1.17 bits per heavy atom. The molecule has 0 radical (unpaired) electrons. The Labute approximate surface area is 201 Å². The van der Waals surface area contributed by atoms with Crippen LogP contribution in [-0.4, -0.2) is 5.91 Å². The van der Waals surface area contributed by atoms with Gasteiger partial charge < -0.3 is 10.1 Å². The molecule has 0 atom stereocenters. The Morgan fingerprint density at radius 3 is 2.67 bits per heavy atom. The maximum Gasteiger partial charge on any atom is 0.266 e. The molecule has 1 amide bonds. The number of hydrogen-bond donors (Lipinski definition) is 1. The lowest BCUT2D eigenvalue weighted by Gasteiger charge is -2.10. The molecule has 0 unspecified atom stereocenters. The lowest BCUT2D eigenvalue weighted by atomic mass is 10.1. The third kappa shape index (κ3) is 6.08. The third-order valence-corrected chi connectivity index (χ3v) is 5.76. The highest BCUT2D eigenvalue weighted by Gasteiger charge is 2.11. The van der Waals surface area contributed by atoms with Crippen molar-refractivity contribution in [2.75, 3.05) is 5.32 Å². The van der Waals surface area contributed by atoms with E-state index in [9.17, 15) is 10.1 Å². The fourth-order valence-electron chi connectivity index (χ4n) is 2.57. The van der Waals surface area contributed by atoms with Crippen LogP contribution in [0.15, 0.2) is 76.8 Å². The number of benzene rings is 3. The molecule has 0 aliphatic rings. The van der Waals surface area contributed by atoms with Gasteiger partial charge in [0.1, 0.15) is 24.0 Å². The van der Waals surface area contributed by atoms with E-state index in [4.69, 9.17) is 16.3 Å². The van der Waals surface area contributed by atoms with Crippen molar-refractivity contribution in [1.29, 1.82) is 5.26 Å². The zero-order chi connectivity index (χ0) is 21.5. The number of nitrogens with zero attached hydrogens (tertiary/aromatic N) is 1. The zero-order valence-corrected chi connectivity index (χ0v) is 20.0. The molecule has 30 heavy (non-hydrogen) atoms. The van der Waals surface area contributed by atoms with Crippen LogP contribution < -0.4 is 10.1 Å². The number of carbonyl (C=O) groups is 1. The number of ether oxygens (including phenoxy) is 1. The lowest BCUT2D eigenvalue weighted by molar-refractivity contribution is -0.112. The fourth-order valence-corrected chi connectivity index (χ4v) is 3.86. The Balaban J connectivity index is 1.72. The second-order valence-corrected chi connectivity index (χ2v) is 8.69. The number of hydrogen-bond acceptors (Lipinski definition) is 3. The van der Waals surface area contributed by atoms with Gasteiger partial charge in [0.25, 0.3) is 5.91 Å². The molecule has 150 valence electrons. The van der Waals surface area contributed by atoms with Gasteiger partial charge in [-0.2, -0.15) is 5.26 Å². The molecule has 0 aliphatic heterocycles. The smallest absolute Gasteiger partial charge is 0.266 e. The number of nitriles is 1. The van der Waals surface area contributed by atoms with Gasteiger partial charge in [-0.1, -0.05) is 57.9 Å². The first-order chi connectivity index (χ1) is 14.5. The molecule has 3 aromatic rings. The van der Waals surface area contributed by atoms with E-state index in [0.29, 0.717) is 23.1 Å². The Kier molecular flexibility index (Phi) is 7.91. The van der Waals surface area contributed by atoms with Gasteiger partial charge in [0, 0.05) is 20.7 Å². The number of carbonyl (C=O) groups excluding carboxylic acids is 1. The molecule has 0 heterocycles. The first-order valence-electron chi connectivity index (χ1n) is 8.81. The van der Waals surface area contributed by atoms with Crippen LogP contribution >= 0.6 is 50.1 Å². The summed E-state index contributed by atoms with van der Waals surface area (Å²) in [7, 11) is 0. The van der Waals surface area contributed by atoms with Gasteiger partial charge in [-0.25, -0.2) is 0 Å². The van der Waals surface area contributed by atoms with E-state index in [1.165, 1.54) is 0 Å². The van der Waals surface area contributed by atoms with Crippen LogP contribution in [0, 0.1) is 14.9 Å². The predicted octanol–water partition coefficient (Wildman–Crippen LogP) is 6.83. The quantitative estimate of drug-likeness (QED) is 0.194. The number of amides is 1. The lowest BCUT2D eigenvalue weighted by Crippen LogP contribution is -2.13.